The lowest BCUT2D eigenvalue weighted by Gasteiger charge is -2.28. The number of nitrogens with one attached hydrogen (secondary N) is 2. The normalized spacial score (nSPS) is 18.5. The quantitative estimate of drug-likeness (QED) is 0.154. The van der Waals surface area contributed by atoms with Gasteiger partial charge in [0.05, 0.1) is 13.0 Å². The monoisotopic (exact) mass is 445 g/mol. The summed E-state index contributed by atoms with van der Waals surface area (Å²) in [5, 5.41) is 31.5. The van der Waals surface area contributed by atoms with Crippen LogP contribution in [0.1, 0.15) is 32.1 Å². The van der Waals surface area contributed by atoms with E-state index < -0.39 is 79.2 Å². The van der Waals surface area contributed by atoms with Crippen LogP contribution < -0.4 is 22.1 Å². The average Bonchev–Trinajstić information content (AvgIpc) is 3.18. The first-order valence-corrected chi connectivity index (χ1v) is 9.48. The molecule has 174 valence electrons. The van der Waals surface area contributed by atoms with Gasteiger partial charge >= 0.3 is 11.9 Å². The second-order valence-electron chi connectivity index (χ2n) is 7.04. The second kappa shape index (κ2) is 11.8. The number of carboxylic acids is 2. The molecule has 31 heavy (non-hydrogen) atoms. The molecule has 1 heterocycles. The molecule has 0 aliphatic carbocycles. The molecule has 1 saturated heterocycles. The number of hydrogen-bond donors (Lipinski definition) is 7. The number of hydrogen-bond acceptors (Lipinski definition) is 8. The Kier molecular flexibility index (Phi) is 9.82. The fourth-order valence-corrected chi connectivity index (χ4v) is 3.06. The highest BCUT2D eigenvalue weighted by Crippen LogP contribution is 2.19. The number of carbonyl (C=O) groups is 6. The summed E-state index contributed by atoms with van der Waals surface area (Å²) in [6.07, 6.45) is -0.889. The third-order valence-electron chi connectivity index (χ3n) is 4.65. The molecule has 4 amide bonds. The van der Waals surface area contributed by atoms with Crippen molar-refractivity contribution in [1.29, 1.82) is 0 Å². The molecule has 0 aromatic carbocycles. The molecule has 1 aliphatic rings. The van der Waals surface area contributed by atoms with Gasteiger partial charge < -0.3 is 42.3 Å². The van der Waals surface area contributed by atoms with Crippen molar-refractivity contribution in [3.05, 3.63) is 0 Å². The van der Waals surface area contributed by atoms with Gasteiger partial charge in [-0.2, -0.15) is 0 Å². The molecule has 0 radical (unpaired) electrons. The van der Waals surface area contributed by atoms with Gasteiger partial charge in [-0.25, -0.2) is 4.79 Å². The van der Waals surface area contributed by atoms with Gasteiger partial charge in [-0.05, 0) is 19.3 Å². The van der Waals surface area contributed by atoms with E-state index in [9.17, 15) is 33.9 Å². The molecule has 0 spiro atoms. The van der Waals surface area contributed by atoms with Gasteiger partial charge in [-0.1, -0.05) is 0 Å². The summed E-state index contributed by atoms with van der Waals surface area (Å²) in [4.78, 5) is 72.0. The fourth-order valence-electron chi connectivity index (χ4n) is 3.06. The molecular formula is C17H27N5O9. The van der Waals surface area contributed by atoms with E-state index in [0.717, 1.165) is 4.90 Å². The summed E-state index contributed by atoms with van der Waals surface area (Å²) >= 11 is 0. The zero-order chi connectivity index (χ0) is 23.7. The number of rotatable bonds is 12. The summed E-state index contributed by atoms with van der Waals surface area (Å²) < 4.78 is 0. The van der Waals surface area contributed by atoms with Gasteiger partial charge in [0.15, 0.2) is 0 Å². The molecule has 1 rings (SSSR count). The molecule has 4 atom stereocenters. The van der Waals surface area contributed by atoms with Crippen LogP contribution in [0.2, 0.25) is 0 Å². The van der Waals surface area contributed by atoms with Crippen LogP contribution >= 0.6 is 0 Å². The van der Waals surface area contributed by atoms with Crippen molar-refractivity contribution in [1.82, 2.24) is 15.5 Å². The van der Waals surface area contributed by atoms with Gasteiger partial charge in [0, 0.05) is 13.0 Å². The Labute approximate surface area is 176 Å². The van der Waals surface area contributed by atoms with Crippen LogP contribution in [0, 0.1) is 0 Å². The summed E-state index contributed by atoms with van der Waals surface area (Å²) in [6, 6.07) is -5.45. The Hall–Kier alpha value is -3.26. The van der Waals surface area contributed by atoms with Gasteiger partial charge in [0.1, 0.15) is 24.2 Å². The van der Waals surface area contributed by atoms with Crippen molar-refractivity contribution >= 4 is 35.6 Å². The van der Waals surface area contributed by atoms with E-state index >= 15 is 0 Å². The Morgan fingerprint density at radius 2 is 1.65 bits per heavy atom. The molecule has 0 aromatic rings. The van der Waals surface area contributed by atoms with Gasteiger partial charge in [0.2, 0.25) is 23.6 Å². The van der Waals surface area contributed by atoms with Crippen LogP contribution in [0.15, 0.2) is 0 Å². The van der Waals surface area contributed by atoms with E-state index in [2.05, 4.69) is 10.6 Å². The van der Waals surface area contributed by atoms with Gasteiger partial charge in [-0.15, -0.1) is 0 Å². The highest BCUT2D eigenvalue weighted by atomic mass is 16.4. The van der Waals surface area contributed by atoms with Crippen LogP contribution in [0.5, 0.6) is 0 Å². The zero-order valence-electron chi connectivity index (χ0n) is 16.7. The third kappa shape index (κ3) is 7.82. The minimum Gasteiger partial charge on any atom is -0.481 e. The number of aliphatic hydroxyl groups excluding tert-OH is 1. The van der Waals surface area contributed by atoms with Crippen molar-refractivity contribution in [3.8, 4) is 0 Å². The first-order chi connectivity index (χ1) is 14.5. The van der Waals surface area contributed by atoms with E-state index in [1.54, 1.807) is 0 Å². The minimum atomic E-state index is -1.54. The first-order valence-electron chi connectivity index (χ1n) is 9.48. The lowest BCUT2D eigenvalue weighted by Crippen LogP contribution is -2.58. The van der Waals surface area contributed by atoms with Crippen molar-refractivity contribution in [2.75, 3.05) is 13.2 Å². The number of carboxylic acid groups (broad SMARTS) is 2. The SMILES string of the molecule is NC(=O)CC(NC(=O)C(N)CO)C(=O)NC(CCC(=O)O)C(=O)N1CCCC1C(=O)O. The molecule has 1 fully saturated rings. The maximum absolute atomic E-state index is 12.9. The third-order valence-corrected chi connectivity index (χ3v) is 4.65. The maximum atomic E-state index is 12.9. The first kappa shape index (κ1) is 25.8. The molecule has 1 aliphatic heterocycles. The molecule has 0 bridgehead atoms. The molecule has 14 heteroatoms. The largest absolute Gasteiger partial charge is 0.481 e. The van der Waals surface area contributed by atoms with E-state index in [4.69, 9.17) is 21.7 Å². The van der Waals surface area contributed by atoms with E-state index in [1.165, 1.54) is 0 Å². The minimum absolute atomic E-state index is 0.113. The predicted molar refractivity (Wildman–Crippen MR) is 102 cm³/mol. The Morgan fingerprint density at radius 3 is 2.16 bits per heavy atom. The number of nitrogens with two attached hydrogens (primary N) is 2. The van der Waals surface area contributed by atoms with Gasteiger partial charge in [0.25, 0.3) is 0 Å². The predicted octanol–water partition coefficient (Wildman–Crippen LogP) is -3.91. The molecule has 0 aromatic heterocycles. The molecule has 4 unspecified atom stereocenters. The van der Waals surface area contributed by atoms with Crippen LogP contribution in [0.3, 0.4) is 0 Å². The maximum Gasteiger partial charge on any atom is 0.326 e. The number of aliphatic carboxylic acids is 2. The molecular weight excluding hydrogens is 418 g/mol. The zero-order valence-corrected chi connectivity index (χ0v) is 16.7. The number of likely N-dealkylation sites (tertiary alicyclic amines) is 1. The van der Waals surface area contributed by atoms with Crippen LogP contribution in [0.4, 0.5) is 0 Å². The topological polar surface area (TPSA) is 242 Å². The number of nitrogens with zero attached hydrogens (tertiary/aromatic N) is 1. The smallest absolute Gasteiger partial charge is 0.326 e. The van der Waals surface area contributed by atoms with Crippen molar-refractivity contribution in [3.63, 3.8) is 0 Å². The summed E-state index contributed by atoms with van der Waals surface area (Å²) in [6.45, 7) is -0.621. The summed E-state index contributed by atoms with van der Waals surface area (Å²) in [7, 11) is 0. The molecule has 14 nitrogen and oxygen atoms in total. The van der Waals surface area contributed by atoms with Crippen molar-refractivity contribution in [2.24, 2.45) is 11.5 Å². The number of primary amides is 1. The highest BCUT2D eigenvalue weighted by Gasteiger charge is 2.38. The number of aliphatic hydroxyl groups is 1. The van der Waals surface area contributed by atoms with Crippen molar-refractivity contribution < 1.29 is 44.1 Å². The number of amides is 4. The lowest BCUT2D eigenvalue weighted by atomic mass is 10.1. The summed E-state index contributed by atoms with van der Waals surface area (Å²) in [5.41, 5.74) is 10.4. The Bertz CT molecular complexity index is 729. The van der Waals surface area contributed by atoms with Crippen LogP contribution in [0.25, 0.3) is 0 Å². The average molecular weight is 445 g/mol. The van der Waals surface area contributed by atoms with Crippen LogP contribution in [-0.2, 0) is 28.8 Å². The van der Waals surface area contributed by atoms with Crippen molar-refractivity contribution in [2.45, 2.75) is 56.3 Å². The fraction of sp³-hybridized carbons (Fsp3) is 0.647. The molecule has 0 saturated carbocycles. The van der Waals surface area contributed by atoms with Crippen LogP contribution in [-0.4, -0.2) is 93.1 Å². The van der Waals surface area contributed by atoms with E-state index in [1.807, 2.05) is 0 Å². The van der Waals surface area contributed by atoms with E-state index in [0.29, 0.717) is 6.42 Å². The standard InChI is InChI=1S/C17H27N5O9/c18-8(7-23)14(27)21-10(6-12(19)24)15(28)20-9(3-4-13(25)26)16(29)22-5-1-2-11(22)17(30)31/h8-11,23H,1-7,18H2,(H2,19,24)(H,20,28)(H,21,27)(H,25,26)(H,30,31). The number of carbonyl (C=O) groups excluding carboxylic acids is 4. The summed E-state index contributed by atoms with van der Waals surface area (Å²) in [5.74, 6) is -6.22. The van der Waals surface area contributed by atoms with Gasteiger partial charge in [-0.3, -0.25) is 24.0 Å². The molecule has 9 N–H and O–H groups in total. The Morgan fingerprint density at radius 1 is 1.03 bits per heavy atom. The van der Waals surface area contributed by atoms with E-state index in [-0.39, 0.29) is 19.4 Å². The second-order valence-corrected chi connectivity index (χ2v) is 7.04. The highest BCUT2D eigenvalue weighted by molar-refractivity contribution is 5.96. The lowest BCUT2D eigenvalue weighted by molar-refractivity contribution is -0.150. The Balaban J connectivity index is 3.03.